The Morgan fingerprint density at radius 3 is 2.64 bits per heavy atom. The molecule has 2 aliphatic heterocycles. The van der Waals surface area contributed by atoms with Crippen LogP contribution >= 0.6 is 11.6 Å². The van der Waals surface area contributed by atoms with Crippen molar-refractivity contribution in [3.8, 4) is 5.75 Å². The molecule has 6 rings (SSSR count). The molecule has 2 bridgehead atoms. The van der Waals surface area contributed by atoms with Gasteiger partial charge in [-0.2, -0.15) is 0 Å². The van der Waals surface area contributed by atoms with Crippen LogP contribution in [-0.2, 0) is 26.7 Å². The maximum atomic E-state index is 13.4. The van der Waals surface area contributed by atoms with Gasteiger partial charge < -0.3 is 19.8 Å². The van der Waals surface area contributed by atoms with Crippen LogP contribution in [0.15, 0.2) is 36.4 Å². The van der Waals surface area contributed by atoms with E-state index in [1.807, 2.05) is 19.1 Å². The van der Waals surface area contributed by atoms with Crippen molar-refractivity contribution >= 4 is 39.2 Å². The molecule has 2 aliphatic carbocycles. The summed E-state index contributed by atoms with van der Waals surface area (Å²) in [4.78, 5) is 27.6. The van der Waals surface area contributed by atoms with E-state index in [4.69, 9.17) is 16.3 Å². The third-order valence-corrected chi connectivity index (χ3v) is 13.3. The lowest BCUT2D eigenvalue weighted by Gasteiger charge is -2.50. The molecule has 2 aromatic carbocycles. The second kappa shape index (κ2) is 12.1. The highest BCUT2D eigenvalue weighted by molar-refractivity contribution is 7.90. The van der Waals surface area contributed by atoms with Gasteiger partial charge in [0.2, 0.25) is 10.0 Å². The SMILES string of the molecule is C[C@@H]1[C@@H](C)CCC[C@@](O)(CC(=O)O)[C@@H]2CC[C@H]2CN2C[C@@]3(CCCc4cc(Cl)ccc43)COc3ccc(cc32)C(=O)NS1(=O)=O. The Bertz CT molecular complexity index is 1600. The van der Waals surface area contributed by atoms with Gasteiger partial charge >= 0.3 is 5.97 Å². The van der Waals surface area contributed by atoms with E-state index in [0.717, 1.165) is 32.1 Å². The van der Waals surface area contributed by atoms with Crippen molar-refractivity contribution in [1.29, 1.82) is 0 Å². The van der Waals surface area contributed by atoms with Crippen LogP contribution in [0.1, 0.15) is 86.7 Å². The fraction of sp³-hybridized carbons (Fsp3) is 0.588. The van der Waals surface area contributed by atoms with Gasteiger partial charge in [0.15, 0.2) is 0 Å². The van der Waals surface area contributed by atoms with E-state index in [2.05, 4.69) is 15.7 Å². The highest BCUT2D eigenvalue weighted by Crippen LogP contribution is 2.49. The summed E-state index contributed by atoms with van der Waals surface area (Å²) in [5.41, 5.74) is 1.55. The summed E-state index contributed by atoms with van der Waals surface area (Å²) >= 11 is 6.39. The first-order valence-electron chi connectivity index (χ1n) is 16.1. The molecule has 9 nitrogen and oxygen atoms in total. The molecule has 1 spiro atoms. The number of carboxylic acids is 1. The highest BCUT2D eigenvalue weighted by Gasteiger charge is 2.49. The van der Waals surface area contributed by atoms with E-state index >= 15 is 0 Å². The molecule has 0 unspecified atom stereocenters. The fourth-order valence-corrected chi connectivity index (χ4v) is 9.76. The van der Waals surface area contributed by atoms with Crippen molar-refractivity contribution in [1.82, 2.24) is 4.72 Å². The van der Waals surface area contributed by atoms with Gasteiger partial charge in [0.05, 0.1) is 29.6 Å². The molecule has 2 aromatic rings. The third-order valence-electron chi connectivity index (χ3n) is 11.1. The minimum atomic E-state index is -4.00. The van der Waals surface area contributed by atoms with Crippen molar-refractivity contribution in [3.05, 3.63) is 58.1 Å². The quantitative estimate of drug-likeness (QED) is 0.395. The average Bonchev–Trinajstić information content (AvgIpc) is 3.10. The zero-order valence-electron chi connectivity index (χ0n) is 25.9. The number of nitrogens with zero attached hydrogens (tertiary/aromatic N) is 1. The lowest BCUT2D eigenvalue weighted by molar-refractivity contribution is -0.151. The van der Waals surface area contributed by atoms with Crippen LogP contribution in [0.3, 0.4) is 0 Å². The highest BCUT2D eigenvalue weighted by atomic mass is 35.5. The Morgan fingerprint density at radius 1 is 1.11 bits per heavy atom. The number of aliphatic hydroxyl groups is 1. The minimum absolute atomic E-state index is 0.0349. The third kappa shape index (κ3) is 6.17. The Hall–Kier alpha value is -2.82. The van der Waals surface area contributed by atoms with E-state index < -0.39 is 32.8 Å². The first-order valence-corrected chi connectivity index (χ1v) is 18.0. The van der Waals surface area contributed by atoms with Crippen LogP contribution in [-0.4, -0.2) is 61.1 Å². The molecular formula is C34H43ClN2O7S. The molecule has 244 valence electrons. The molecule has 3 N–H and O–H groups in total. The van der Waals surface area contributed by atoms with Crippen LogP contribution < -0.4 is 14.4 Å². The van der Waals surface area contributed by atoms with E-state index in [-0.39, 0.29) is 41.6 Å². The number of hydrogen-bond donors (Lipinski definition) is 3. The second-order valence-electron chi connectivity index (χ2n) is 14.0. The standard InChI is InChI=1S/C34H43ClN2O7S/c1-21-5-3-14-34(41,17-31(38)39)28-10-7-25(28)18-37-19-33(13-4-6-23-15-26(35)9-11-27(23)33)20-44-30-12-8-24(16-29(30)37)32(40)36-45(42,43)22(21)2/h8-9,11-12,15-16,21-22,25,28,41H,3-7,10,13-14,17-20H2,1-2H3,(H,36,40)(H,38,39)/t21-,22+,25-,28+,33-,34+/m0/s1. The molecular weight excluding hydrogens is 616 g/mol. The number of sulfonamides is 1. The zero-order valence-corrected chi connectivity index (χ0v) is 27.5. The summed E-state index contributed by atoms with van der Waals surface area (Å²) in [5.74, 6) is -1.61. The molecule has 0 radical (unpaired) electrons. The van der Waals surface area contributed by atoms with Crippen molar-refractivity contribution < 1.29 is 33.0 Å². The van der Waals surface area contributed by atoms with Gasteiger partial charge in [-0.1, -0.05) is 31.0 Å². The molecule has 1 saturated carbocycles. The second-order valence-corrected chi connectivity index (χ2v) is 16.4. The molecule has 11 heteroatoms. The van der Waals surface area contributed by atoms with Gasteiger partial charge in [-0.3, -0.25) is 9.59 Å². The van der Waals surface area contributed by atoms with Crippen LogP contribution in [0.25, 0.3) is 0 Å². The molecule has 0 saturated heterocycles. The molecule has 1 amide bonds. The summed E-state index contributed by atoms with van der Waals surface area (Å²) in [6, 6.07) is 11.1. The number of carbonyl (C=O) groups excluding carboxylic acids is 1. The van der Waals surface area contributed by atoms with Gasteiger partial charge in [0.1, 0.15) is 5.75 Å². The first-order chi connectivity index (χ1) is 21.3. The number of ether oxygens (including phenoxy) is 1. The predicted molar refractivity (Wildman–Crippen MR) is 172 cm³/mol. The summed E-state index contributed by atoms with van der Waals surface area (Å²) in [5, 5.41) is 21.6. The van der Waals surface area contributed by atoms with Crippen LogP contribution in [0.2, 0.25) is 5.02 Å². The average molecular weight is 659 g/mol. The fourth-order valence-electron chi connectivity index (χ4n) is 8.25. The van der Waals surface area contributed by atoms with E-state index in [1.54, 1.807) is 25.1 Å². The number of aryl methyl sites for hydroxylation is 1. The number of rotatable bonds is 2. The summed E-state index contributed by atoms with van der Waals surface area (Å²) < 4.78 is 35.4. The summed E-state index contributed by atoms with van der Waals surface area (Å²) in [7, 11) is -4.00. The van der Waals surface area contributed by atoms with Crippen LogP contribution in [0.4, 0.5) is 5.69 Å². The summed E-state index contributed by atoms with van der Waals surface area (Å²) in [6.07, 6.45) is 5.23. The maximum Gasteiger partial charge on any atom is 0.306 e. The van der Waals surface area contributed by atoms with Crippen molar-refractivity contribution in [3.63, 3.8) is 0 Å². The number of carboxylic acid groups (broad SMARTS) is 1. The van der Waals surface area contributed by atoms with Gasteiger partial charge in [-0.25, -0.2) is 13.1 Å². The number of halogens is 1. The van der Waals surface area contributed by atoms with Gasteiger partial charge in [0, 0.05) is 29.1 Å². The van der Waals surface area contributed by atoms with E-state index in [0.29, 0.717) is 49.0 Å². The monoisotopic (exact) mass is 658 g/mol. The number of amides is 1. The predicted octanol–water partition coefficient (Wildman–Crippen LogP) is 5.31. The molecule has 1 fully saturated rings. The summed E-state index contributed by atoms with van der Waals surface area (Å²) in [6.45, 7) is 4.95. The number of aliphatic carboxylic acids is 1. The van der Waals surface area contributed by atoms with E-state index in [1.165, 1.54) is 11.1 Å². The molecule has 4 aliphatic rings. The number of fused-ring (bicyclic) bond motifs is 4. The Labute approximate surface area is 270 Å². The Kier molecular flexibility index (Phi) is 8.63. The van der Waals surface area contributed by atoms with Crippen molar-refractivity contribution in [2.75, 3.05) is 24.6 Å². The number of anilines is 1. The van der Waals surface area contributed by atoms with Crippen LogP contribution in [0.5, 0.6) is 5.75 Å². The van der Waals surface area contributed by atoms with Crippen molar-refractivity contribution in [2.24, 2.45) is 17.8 Å². The molecule has 2 heterocycles. The number of hydrogen-bond acceptors (Lipinski definition) is 7. The molecule has 45 heavy (non-hydrogen) atoms. The van der Waals surface area contributed by atoms with Crippen LogP contribution in [0, 0.1) is 17.8 Å². The number of benzene rings is 2. The smallest absolute Gasteiger partial charge is 0.306 e. The maximum absolute atomic E-state index is 13.4. The minimum Gasteiger partial charge on any atom is -0.490 e. The zero-order chi connectivity index (χ0) is 32.1. The van der Waals surface area contributed by atoms with Gasteiger partial charge in [0.25, 0.3) is 5.91 Å². The molecule has 0 aromatic heterocycles. The normalized spacial score (nSPS) is 33.1. The number of carbonyl (C=O) groups is 2. The first kappa shape index (κ1) is 32.1. The van der Waals surface area contributed by atoms with E-state index in [9.17, 15) is 28.2 Å². The number of nitrogens with one attached hydrogen (secondary N) is 1. The lowest BCUT2D eigenvalue weighted by Crippen LogP contribution is -2.53. The molecule has 6 atom stereocenters. The van der Waals surface area contributed by atoms with Crippen molar-refractivity contribution in [2.45, 2.75) is 87.9 Å². The lowest BCUT2D eigenvalue weighted by atomic mass is 9.62. The van der Waals surface area contributed by atoms with Gasteiger partial charge in [-0.05, 0) is 111 Å². The topological polar surface area (TPSA) is 133 Å². The van der Waals surface area contributed by atoms with Gasteiger partial charge in [-0.15, -0.1) is 0 Å². The Balaban J connectivity index is 1.44. The largest absolute Gasteiger partial charge is 0.490 e. The Morgan fingerprint density at radius 2 is 1.91 bits per heavy atom.